The van der Waals surface area contributed by atoms with Gasteiger partial charge < -0.3 is 15.0 Å². The van der Waals surface area contributed by atoms with Crippen molar-refractivity contribution in [2.24, 2.45) is 5.92 Å². The van der Waals surface area contributed by atoms with Gasteiger partial charge in [-0.2, -0.15) is 0 Å². The molecule has 2 aliphatic carbocycles. The molecule has 104 valence electrons. The van der Waals surface area contributed by atoms with E-state index in [1.54, 1.807) is 0 Å². The van der Waals surface area contributed by atoms with Crippen molar-refractivity contribution in [2.75, 3.05) is 20.2 Å². The fraction of sp³-hybridized carbons (Fsp3) is 0.929. The Balaban J connectivity index is 1.83. The van der Waals surface area contributed by atoms with Gasteiger partial charge in [-0.25, -0.2) is 0 Å². The number of esters is 1. The lowest BCUT2D eigenvalue weighted by Crippen LogP contribution is -2.49. The summed E-state index contributed by atoms with van der Waals surface area (Å²) in [6, 6.07) is 0.940. The molecule has 18 heavy (non-hydrogen) atoms. The van der Waals surface area contributed by atoms with Crippen molar-refractivity contribution in [3.8, 4) is 0 Å². The minimum atomic E-state index is -0.163. The zero-order chi connectivity index (χ0) is 13.1. The summed E-state index contributed by atoms with van der Waals surface area (Å²) >= 11 is 0. The van der Waals surface area contributed by atoms with E-state index in [1.165, 1.54) is 25.7 Å². The van der Waals surface area contributed by atoms with Gasteiger partial charge in [-0.3, -0.25) is 4.79 Å². The van der Waals surface area contributed by atoms with Gasteiger partial charge in [0.2, 0.25) is 0 Å². The van der Waals surface area contributed by atoms with Crippen LogP contribution in [-0.4, -0.2) is 49.2 Å². The Morgan fingerprint density at radius 1 is 1.39 bits per heavy atom. The number of hydrogen-bond acceptors (Lipinski definition) is 4. The van der Waals surface area contributed by atoms with Gasteiger partial charge >= 0.3 is 5.97 Å². The molecule has 2 atom stereocenters. The molecule has 0 amide bonds. The molecule has 2 rings (SSSR count). The van der Waals surface area contributed by atoms with Crippen LogP contribution in [0.5, 0.6) is 0 Å². The molecule has 0 radical (unpaired) electrons. The van der Waals surface area contributed by atoms with Gasteiger partial charge in [-0.05, 0) is 52.5 Å². The molecular weight excluding hydrogens is 228 g/mol. The van der Waals surface area contributed by atoms with Crippen LogP contribution < -0.4 is 5.32 Å². The van der Waals surface area contributed by atoms with Gasteiger partial charge in [0.05, 0.1) is 6.61 Å². The van der Waals surface area contributed by atoms with Crippen molar-refractivity contribution < 1.29 is 9.53 Å². The van der Waals surface area contributed by atoms with E-state index in [9.17, 15) is 4.79 Å². The number of nitrogens with zero attached hydrogens (tertiary/aromatic N) is 1. The second kappa shape index (κ2) is 6.02. The van der Waals surface area contributed by atoms with E-state index in [0.717, 1.165) is 12.5 Å². The highest BCUT2D eigenvalue weighted by Gasteiger charge is 2.34. The van der Waals surface area contributed by atoms with E-state index in [1.807, 2.05) is 6.92 Å². The number of nitrogens with one attached hydrogen (secondary N) is 1. The fourth-order valence-electron chi connectivity index (χ4n) is 2.37. The van der Waals surface area contributed by atoms with Gasteiger partial charge in [0.25, 0.3) is 0 Å². The minimum absolute atomic E-state index is 0.0979. The van der Waals surface area contributed by atoms with Gasteiger partial charge in [-0.15, -0.1) is 0 Å². The Morgan fingerprint density at radius 3 is 2.56 bits per heavy atom. The van der Waals surface area contributed by atoms with Crippen LogP contribution in [-0.2, 0) is 9.53 Å². The van der Waals surface area contributed by atoms with Crippen molar-refractivity contribution >= 4 is 5.97 Å². The second-order valence-corrected chi connectivity index (χ2v) is 5.76. The lowest BCUT2D eigenvalue weighted by atomic mass is 10.1. The molecule has 0 aliphatic heterocycles. The van der Waals surface area contributed by atoms with Crippen molar-refractivity contribution in [3.05, 3.63) is 0 Å². The van der Waals surface area contributed by atoms with E-state index in [2.05, 4.69) is 24.2 Å². The summed E-state index contributed by atoms with van der Waals surface area (Å²) in [5, 5.41) is 3.40. The highest BCUT2D eigenvalue weighted by molar-refractivity contribution is 5.76. The third kappa shape index (κ3) is 3.95. The Bertz CT molecular complexity index is 288. The molecule has 1 N–H and O–H groups in total. The van der Waals surface area contributed by atoms with E-state index in [4.69, 9.17) is 4.74 Å². The molecule has 4 nitrogen and oxygen atoms in total. The van der Waals surface area contributed by atoms with Gasteiger partial charge in [0.15, 0.2) is 0 Å². The average Bonchev–Trinajstić information content (AvgIpc) is 3.19. The molecule has 0 heterocycles. The van der Waals surface area contributed by atoms with Crippen molar-refractivity contribution in [1.29, 1.82) is 0 Å². The van der Waals surface area contributed by atoms with Crippen LogP contribution in [0.2, 0.25) is 0 Å². The van der Waals surface area contributed by atoms with Crippen LogP contribution in [0.1, 0.15) is 39.5 Å². The lowest BCUT2D eigenvalue weighted by molar-refractivity contribution is -0.146. The molecule has 4 heteroatoms. The van der Waals surface area contributed by atoms with E-state index >= 15 is 0 Å². The van der Waals surface area contributed by atoms with Crippen LogP contribution in [0.3, 0.4) is 0 Å². The Kier molecular flexibility index (Phi) is 4.62. The Hall–Kier alpha value is -0.610. The van der Waals surface area contributed by atoms with Crippen molar-refractivity contribution in [2.45, 2.75) is 57.7 Å². The van der Waals surface area contributed by atoms with Crippen LogP contribution in [0.25, 0.3) is 0 Å². The molecule has 0 bridgehead atoms. The summed E-state index contributed by atoms with van der Waals surface area (Å²) in [5.41, 5.74) is 0. The number of ether oxygens (including phenoxy) is 1. The number of hydrogen-bond donors (Lipinski definition) is 1. The fourth-order valence-corrected chi connectivity index (χ4v) is 2.37. The summed E-state index contributed by atoms with van der Waals surface area (Å²) < 4.78 is 5.16. The van der Waals surface area contributed by atoms with Crippen LogP contribution in [0, 0.1) is 5.92 Å². The maximum absolute atomic E-state index is 11.9. The molecule has 0 aromatic heterocycles. The largest absolute Gasteiger partial charge is 0.465 e. The van der Waals surface area contributed by atoms with Gasteiger partial charge in [0.1, 0.15) is 6.04 Å². The highest BCUT2D eigenvalue weighted by Crippen LogP contribution is 2.34. The third-order valence-electron chi connectivity index (χ3n) is 4.06. The number of likely N-dealkylation sites (N-methyl/N-ethyl adjacent to an activating group) is 1. The second-order valence-electron chi connectivity index (χ2n) is 5.76. The van der Waals surface area contributed by atoms with Crippen LogP contribution >= 0.6 is 0 Å². The van der Waals surface area contributed by atoms with E-state index in [0.29, 0.717) is 18.7 Å². The zero-order valence-electron chi connectivity index (χ0n) is 11.8. The van der Waals surface area contributed by atoms with E-state index < -0.39 is 0 Å². The predicted octanol–water partition coefficient (Wildman–Crippen LogP) is 1.40. The summed E-state index contributed by atoms with van der Waals surface area (Å²) in [6.07, 6.45) is 5.06. The molecule has 2 fully saturated rings. The van der Waals surface area contributed by atoms with E-state index in [-0.39, 0.29) is 12.0 Å². The van der Waals surface area contributed by atoms with Crippen LogP contribution in [0.15, 0.2) is 0 Å². The SMILES string of the molecule is CCOC(=O)C(CN(C)C(C)C1CC1)NC1CC1. The summed E-state index contributed by atoms with van der Waals surface area (Å²) in [6.45, 7) is 5.34. The summed E-state index contributed by atoms with van der Waals surface area (Å²) in [5.74, 6) is 0.734. The number of rotatable bonds is 8. The first kappa shape index (κ1) is 13.8. The topological polar surface area (TPSA) is 41.6 Å². The van der Waals surface area contributed by atoms with Crippen molar-refractivity contribution in [1.82, 2.24) is 10.2 Å². The first-order chi connectivity index (χ1) is 8.61. The molecular formula is C14H26N2O2. The standard InChI is InChI=1S/C14H26N2O2/c1-4-18-14(17)13(15-12-7-8-12)9-16(3)10(2)11-5-6-11/h10-13,15H,4-9H2,1-3H3. The smallest absolute Gasteiger partial charge is 0.324 e. The predicted molar refractivity (Wildman–Crippen MR) is 71.4 cm³/mol. The quantitative estimate of drug-likeness (QED) is 0.665. The highest BCUT2D eigenvalue weighted by atomic mass is 16.5. The summed E-state index contributed by atoms with van der Waals surface area (Å²) in [7, 11) is 2.11. The molecule has 0 aromatic carbocycles. The molecule has 2 aliphatic rings. The van der Waals surface area contributed by atoms with Crippen molar-refractivity contribution in [3.63, 3.8) is 0 Å². The minimum Gasteiger partial charge on any atom is -0.465 e. The van der Waals surface area contributed by atoms with Gasteiger partial charge in [0, 0.05) is 18.6 Å². The molecule has 0 aromatic rings. The first-order valence-electron chi connectivity index (χ1n) is 7.24. The average molecular weight is 254 g/mol. The molecule has 2 saturated carbocycles. The maximum atomic E-state index is 11.9. The van der Waals surface area contributed by atoms with Crippen LogP contribution in [0.4, 0.5) is 0 Å². The maximum Gasteiger partial charge on any atom is 0.324 e. The third-order valence-corrected chi connectivity index (χ3v) is 4.06. The Labute approximate surface area is 110 Å². The number of carbonyl (C=O) groups excluding carboxylic acids is 1. The monoisotopic (exact) mass is 254 g/mol. The Morgan fingerprint density at radius 2 is 2.06 bits per heavy atom. The number of carbonyl (C=O) groups is 1. The lowest BCUT2D eigenvalue weighted by Gasteiger charge is -2.28. The van der Waals surface area contributed by atoms with Gasteiger partial charge in [-0.1, -0.05) is 0 Å². The normalized spacial score (nSPS) is 22.9. The molecule has 0 saturated heterocycles. The first-order valence-corrected chi connectivity index (χ1v) is 7.24. The molecule has 2 unspecified atom stereocenters. The molecule has 0 spiro atoms. The zero-order valence-corrected chi connectivity index (χ0v) is 11.8. The summed E-state index contributed by atoms with van der Waals surface area (Å²) in [4.78, 5) is 14.2.